The van der Waals surface area contributed by atoms with Crippen LogP contribution in [-0.4, -0.2) is 28.4 Å². The minimum atomic E-state index is -1.13. The average Bonchev–Trinajstić information content (AvgIpc) is 3.33. The molecule has 1 N–H and O–H groups in total. The number of aromatic nitrogens is 1. The number of hydrogen-bond acceptors (Lipinski definition) is 2. The maximum absolute atomic E-state index is 14.0. The Balaban J connectivity index is 1.57. The first-order valence-corrected chi connectivity index (χ1v) is 11.9. The number of halogens is 1. The number of imide groups is 1. The standard InChI is InChI=1S/C28H24ClN3O2/c1-3-17-11-13-18(14-12-17)22-16-31-27(34)32(20-8-6-7-19(29)15-20)26(33)28(31,2)25-24(22)21-9-4-5-10-23(21)30-25/h4-15,22,30H,3,16H2,1-2H3/t22-,28+/m1/s1. The molecule has 0 spiro atoms. The molecule has 6 rings (SSSR count). The van der Waals surface area contributed by atoms with Gasteiger partial charge in [-0.15, -0.1) is 0 Å². The molecule has 3 aromatic carbocycles. The van der Waals surface area contributed by atoms with Gasteiger partial charge < -0.3 is 9.88 Å². The second kappa shape index (κ2) is 7.47. The summed E-state index contributed by atoms with van der Waals surface area (Å²) in [4.78, 5) is 34.2. The van der Waals surface area contributed by atoms with Crippen LogP contribution < -0.4 is 4.90 Å². The van der Waals surface area contributed by atoms with E-state index in [1.807, 2.05) is 25.1 Å². The van der Waals surface area contributed by atoms with E-state index in [0.29, 0.717) is 17.3 Å². The number of aromatic amines is 1. The van der Waals surface area contributed by atoms with Crippen LogP contribution in [0, 0.1) is 0 Å². The number of urea groups is 1. The summed E-state index contributed by atoms with van der Waals surface area (Å²) >= 11 is 6.20. The van der Waals surface area contributed by atoms with Crippen LogP contribution in [0.3, 0.4) is 0 Å². The highest BCUT2D eigenvalue weighted by molar-refractivity contribution is 6.31. The smallest absolute Gasteiger partial charge is 0.332 e. The molecule has 2 atom stereocenters. The fourth-order valence-corrected chi connectivity index (χ4v) is 5.70. The van der Waals surface area contributed by atoms with Crippen molar-refractivity contribution < 1.29 is 9.59 Å². The van der Waals surface area contributed by atoms with Crippen LogP contribution in [-0.2, 0) is 16.8 Å². The summed E-state index contributed by atoms with van der Waals surface area (Å²) < 4.78 is 0. The Morgan fingerprint density at radius 1 is 1.03 bits per heavy atom. The molecule has 34 heavy (non-hydrogen) atoms. The van der Waals surface area contributed by atoms with E-state index in [1.54, 1.807) is 29.2 Å². The van der Waals surface area contributed by atoms with E-state index < -0.39 is 5.54 Å². The molecule has 4 aromatic rings. The SMILES string of the molecule is CCc1ccc([C@H]2CN3C(=O)N(c4cccc(Cl)c4)C(=O)[C@]3(C)c3[nH]c4ccccc4c32)cc1. The molecule has 0 aliphatic carbocycles. The molecule has 3 amide bonds. The summed E-state index contributed by atoms with van der Waals surface area (Å²) in [5.74, 6) is -0.325. The first-order valence-electron chi connectivity index (χ1n) is 11.5. The summed E-state index contributed by atoms with van der Waals surface area (Å²) in [7, 11) is 0. The zero-order valence-electron chi connectivity index (χ0n) is 19.0. The van der Waals surface area contributed by atoms with Crippen molar-refractivity contribution in [1.82, 2.24) is 9.88 Å². The van der Waals surface area contributed by atoms with Crippen LogP contribution in [0.2, 0.25) is 5.02 Å². The minimum Gasteiger partial charge on any atom is -0.356 e. The summed E-state index contributed by atoms with van der Waals surface area (Å²) in [5, 5.41) is 1.57. The van der Waals surface area contributed by atoms with Gasteiger partial charge in [-0.1, -0.05) is 67.1 Å². The zero-order chi connectivity index (χ0) is 23.6. The van der Waals surface area contributed by atoms with Gasteiger partial charge in [0.25, 0.3) is 5.91 Å². The van der Waals surface area contributed by atoms with Gasteiger partial charge in [0.1, 0.15) is 0 Å². The lowest BCUT2D eigenvalue weighted by Crippen LogP contribution is -2.50. The molecule has 3 heterocycles. The third-order valence-electron chi connectivity index (χ3n) is 7.38. The topological polar surface area (TPSA) is 56.4 Å². The van der Waals surface area contributed by atoms with Gasteiger partial charge in [-0.25, -0.2) is 9.69 Å². The molecular weight excluding hydrogens is 446 g/mol. The fourth-order valence-electron chi connectivity index (χ4n) is 5.52. The molecule has 2 aliphatic rings. The van der Waals surface area contributed by atoms with Crippen molar-refractivity contribution in [3.05, 3.63) is 100 Å². The third-order valence-corrected chi connectivity index (χ3v) is 7.62. The van der Waals surface area contributed by atoms with Gasteiger partial charge in [0.15, 0.2) is 5.54 Å². The van der Waals surface area contributed by atoms with Gasteiger partial charge >= 0.3 is 6.03 Å². The number of fused-ring (bicyclic) bond motifs is 5. The Labute approximate surface area is 202 Å². The van der Waals surface area contributed by atoms with Crippen molar-refractivity contribution >= 4 is 40.1 Å². The Bertz CT molecular complexity index is 1460. The van der Waals surface area contributed by atoms with Gasteiger partial charge in [-0.3, -0.25) is 4.79 Å². The van der Waals surface area contributed by atoms with Crippen molar-refractivity contribution in [3.63, 3.8) is 0 Å². The normalized spacial score (nSPS) is 21.8. The van der Waals surface area contributed by atoms with E-state index in [-0.39, 0.29) is 17.9 Å². The Hall–Kier alpha value is -3.57. The Morgan fingerprint density at radius 3 is 2.53 bits per heavy atom. The quantitative estimate of drug-likeness (QED) is 0.362. The summed E-state index contributed by atoms with van der Waals surface area (Å²) in [6, 6.07) is 23.3. The first-order chi connectivity index (χ1) is 16.4. The second-order valence-corrected chi connectivity index (χ2v) is 9.63. The minimum absolute atomic E-state index is 0.0545. The molecule has 1 aromatic heterocycles. The van der Waals surface area contributed by atoms with Gasteiger partial charge in [-0.05, 0) is 54.3 Å². The number of nitrogens with one attached hydrogen (secondary N) is 1. The molecular formula is C28H24ClN3O2. The maximum atomic E-state index is 14.0. The lowest BCUT2D eigenvalue weighted by atomic mass is 9.78. The van der Waals surface area contributed by atoms with E-state index >= 15 is 0 Å². The number of H-pyrrole nitrogens is 1. The Morgan fingerprint density at radius 2 is 1.79 bits per heavy atom. The predicted octanol–water partition coefficient (Wildman–Crippen LogP) is 6.21. The number of rotatable bonds is 3. The van der Waals surface area contributed by atoms with Crippen molar-refractivity contribution in [2.45, 2.75) is 31.7 Å². The average molecular weight is 470 g/mol. The number of para-hydroxylation sites is 1. The molecule has 2 aliphatic heterocycles. The predicted molar refractivity (Wildman–Crippen MR) is 134 cm³/mol. The third kappa shape index (κ3) is 2.80. The molecule has 6 heteroatoms. The van der Waals surface area contributed by atoms with Crippen molar-refractivity contribution in [1.29, 1.82) is 0 Å². The zero-order valence-corrected chi connectivity index (χ0v) is 19.8. The van der Waals surface area contributed by atoms with E-state index in [4.69, 9.17) is 11.6 Å². The molecule has 170 valence electrons. The van der Waals surface area contributed by atoms with Gasteiger partial charge in [0, 0.05) is 28.4 Å². The number of anilines is 1. The number of aryl methyl sites for hydroxylation is 1. The van der Waals surface area contributed by atoms with Crippen LogP contribution in [0.1, 0.15) is 42.1 Å². The van der Waals surface area contributed by atoms with E-state index in [0.717, 1.165) is 34.1 Å². The summed E-state index contributed by atoms with van der Waals surface area (Å²) in [6.45, 7) is 4.40. The number of carbonyl (C=O) groups excluding carboxylic acids is 2. The van der Waals surface area contributed by atoms with Crippen molar-refractivity contribution in [2.24, 2.45) is 0 Å². The van der Waals surface area contributed by atoms with Crippen LogP contribution in [0.5, 0.6) is 0 Å². The number of nitrogens with zero attached hydrogens (tertiary/aromatic N) is 2. The molecule has 0 radical (unpaired) electrons. The largest absolute Gasteiger partial charge is 0.356 e. The summed E-state index contributed by atoms with van der Waals surface area (Å²) in [5.41, 5.74) is 4.59. The molecule has 5 nitrogen and oxygen atoms in total. The van der Waals surface area contributed by atoms with Crippen LogP contribution >= 0.6 is 11.6 Å². The fraction of sp³-hybridized carbons (Fsp3) is 0.214. The highest BCUT2D eigenvalue weighted by Gasteiger charge is 2.60. The number of benzene rings is 3. The molecule has 0 bridgehead atoms. The monoisotopic (exact) mass is 469 g/mol. The van der Waals surface area contributed by atoms with Gasteiger partial charge in [-0.2, -0.15) is 0 Å². The highest BCUT2D eigenvalue weighted by atomic mass is 35.5. The highest BCUT2D eigenvalue weighted by Crippen LogP contribution is 2.50. The number of carbonyl (C=O) groups is 2. The molecule has 1 saturated heterocycles. The van der Waals surface area contributed by atoms with Crippen LogP contribution in [0.4, 0.5) is 10.5 Å². The second-order valence-electron chi connectivity index (χ2n) is 9.19. The number of hydrogen-bond donors (Lipinski definition) is 1. The molecule has 1 fully saturated rings. The van der Waals surface area contributed by atoms with E-state index in [1.165, 1.54) is 10.5 Å². The van der Waals surface area contributed by atoms with Gasteiger partial charge in [0.2, 0.25) is 0 Å². The first kappa shape index (κ1) is 21.0. The van der Waals surface area contributed by atoms with E-state index in [2.05, 4.69) is 42.2 Å². The number of amides is 3. The maximum Gasteiger partial charge on any atom is 0.332 e. The van der Waals surface area contributed by atoms with Crippen molar-refractivity contribution in [3.8, 4) is 0 Å². The molecule has 0 saturated carbocycles. The van der Waals surface area contributed by atoms with Gasteiger partial charge in [0.05, 0.1) is 11.4 Å². The summed E-state index contributed by atoms with van der Waals surface area (Å²) in [6.07, 6.45) is 0.967. The van der Waals surface area contributed by atoms with E-state index in [9.17, 15) is 9.59 Å². The lowest BCUT2D eigenvalue weighted by Gasteiger charge is -2.40. The van der Waals surface area contributed by atoms with Crippen LogP contribution in [0.25, 0.3) is 10.9 Å². The lowest BCUT2D eigenvalue weighted by molar-refractivity contribution is -0.125. The van der Waals surface area contributed by atoms with Crippen LogP contribution in [0.15, 0.2) is 72.8 Å². The Kier molecular flexibility index (Phi) is 4.61. The van der Waals surface area contributed by atoms with Crippen molar-refractivity contribution in [2.75, 3.05) is 11.4 Å². The molecule has 0 unspecified atom stereocenters.